The summed E-state index contributed by atoms with van der Waals surface area (Å²) >= 11 is 0. The van der Waals surface area contributed by atoms with Crippen molar-refractivity contribution in [2.24, 2.45) is 17.8 Å². The Labute approximate surface area is 159 Å². The van der Waals surface area contributed by atoms with Crippen molar-refractivity contribution in [3.05, 3.63) is 0 Å². The maximum Gasteiger partial charge on any atom is 0.223 e. The summed E-state index contributed by atoms with van der Waals surface area (Å²) in [6, 6.07) is 0. The number of carbonyl (C=O) groups excluding carboxylic acids is 2. The van der Waals surface area contributed by atoms with E-state index in [0.717, 1.165) is 64.8 Å². The van der Waals surface area contributed by atoms with Crippen LogP contribution in [0, 0.1) is 17.8 Å². The number of nitrogens with one attached hydrogen (secondary N) is 1. The van der Waals surface area contributed by atoms with E-state index >= 15 is 0 Å². The van der Waals surface area contributed by atoms with Crippen LogP contribution in [-0.2, 0) is 19.1 Å². The molecule has 1 fully saturated rings. The van der Waals surface area contributed by atoms with Crippen LogP contribution in [0.3, 0.4) is 0 Å². The Balaban J connectivity index is 1.92. The molecule has 0 atom stereocenters. The number of rotatable bonds is 14. The number of Topliss-reactive ketones (excluding diaryl/α,β-unsaturated/α-hetero) is 1. The first kappa shape index (κ1) is 23.1. The third-order valence-corrected chi connectivity index (χ3v) is 4.94. The molecule has 1 aliphatic rings. The van der Waals surface area contributed by atoms with Crippen LogP contribution in [0.25, 0.3) is 0 Å². The normalized spacial score (nSPS) is 20.3. The highest BCUT2D eigenvalue weighted by atomic mass is 16.5. The number of unbranched alkanes of at least 4 members (excludes halogenated alkanes) is 1. The lowest BCUT2D eigenvalue weighted by Gasteiger charge is -2.26. The molecular weight excluding hydrogens is 330 g/mol. The fraction of sp³-hybridized carbons (Fsp3) is 0.905. The standard InChI is InChI=1S/C21H39NO4/c1-4-20(23)18-8-10-19(11-9-18)21(24)22-12-7-15-25-13-5-6-14-26-16-17(2)3/h17-19H,4-16H2,1-3H3,(H,22,24). The van der Waals surface area contributed by atoms with Gasteiger partial charge >= 0.3 is 0 Å². The van der Waals surface area contributed by atoms with Gasteiger partial charge in [0, 0.05) is 51.2 Å². The predicted octanol–water partition coefficient (Wildman–Crippen LogP) is 3.75. The molecule has 5 heteroatoms. The molecule has 5 nitrogen and oxygen atoms in total. The fourth-order valence-corrected chi connectivity index (χ4v) is 3.33. The van der Waals surface area contributed by atoms with E-state index in [4.69, 9.17) is 9.47 Å². The van der Waals surface area contributed by atoms with E-state index in [1.54, 1.807) is 0 Å². The summed E-state index contributed by atoms with van der Waals surface area (Å²) in [5.41, 5.74) is 0. The van der Waals surface area contributed by atoms with Gasteiger partial charge in [0.1, 0.15) is 5.78 Å². The molecule has 1 amide bonds. The van der Waals surface area contributed by atoms with Gasteiger partial charge in [-0.3, -0.25) is 9.59 Å². The highest BCUT2D eigenvalue weighted by molar-refractivity contribution is 5.82. The van der Waals surface area contributed by atoms with Crippen LogP contribution in [0.2, 0.25) is 0 Å². The van der Waals surface area contributed by atoms with E-state index in [0.29, 0.717) is 31.3 Å². The zero-order valence-corrected chi connectivity index (χ0v) is 17.1. The lowest BCUT2D eigenvalue weighted by Crippen LogP contribution is -2.35. The molecule has 0 unspecified atom stereocenters. The molecule has 1 N–H and O–H groups in total. The predicted molar refractivity (Wildman–Crippen MR) is 104 cm³/mol. The molecule has 0 spiro atoms. The van der Waals surface area contributed by atoms with Crippen LogP contribution < -0.4 is 5.32 Å². The SMILES string of the molecule is CCC(=O)C1CCC(C(=O)NCCCOCCCCOCC(C)C)CC1. The van der Waals surface area contributed by atoms with Crippen LogP contribution in [0.5, 0.6) is 0 Å². The monoisotopic (exact) mass is 369 g/mol. The molecule has 1 saturated carbocycles. The lowest BCUT2D eigenvalue weighted by molar-refractivity contribution is -0.129. The number of amides is 1. The summed E-state index contributed by atoms with van der Waals surface area (Å²) in [4.78, 5) is 23.9. The summed E-state index contributed by atoms with van der Waals surface area (Å²) in [5.74, 6) is 1.37. The van der Waals surface area contributed by atoms with E-state index in [-0.39, 0.29) is 17.7 Å². The summed E-state index contributed by atoms with van der Waals surface area (Å²) in [6.45, 7) is 9.98. The van der Waals surface area contributed by atoms with Gasteiger partial charge in [0.15, 0.2) is 0 Å². The summed E-state index contributed by atoms with van der Waals surface area (Å²) in [7, 11) is 0. The van der Waals surface area contributed by atoms with Gasteiger partial charge in [-0.15, -0.1) is 0 Å². The Bertz CT molecular complexity index is 389. The molecule has 0 aliphatic heterocycles. The van der Waals surface area contributed by atoms with Crippen molar-refractivity contribution in [1.29, 1.82) is 0 Å². The molecule has 1 rings (SSSR count). The van der Waals surface area contributed by atoms with Crippen molar-refractivity contribution >= 4 is 11.7 Å². The number of carbonyl (C=O) groups is 2. The Morgan fingerprint density at radius 3 is 2.12 bits per heavy atom. The smallest absolute Gasteiger partial charge is 0.223 e. The largest absolute Gasteiger partial charge is 0.381 e. The lowest BCUT2D eigenvalue weighted by atomic mass is 9.79. The maximum atomic E-state index is 12.2. The van der Waals surface area contributed by atoms with Crippen LogP contribution >= 0.6 is 0 Å². The molecule has 0 aromatic heterocycles. The molecule has 0 heterocycles. The second kappa shape index (κ2) is 14.2. The van der Waals surface area contributed by atoms with Crippen LogP contribution in [0.1, 0.15) is 72.1 Å². The summed E-state index contributed by atoms with van der Waals surface area (Å²) < 4.78 is 11.1. The Hall–Kier alpha value is -0.940. The minimum absolute atomic E-state index is 0.0858. The van der Waals surface area contributed by atoms with E-state index < -0.39 is 0 Å². The quantitative estimate of drug-likeness (QED) is 0.474. The highest BCUT2D eigenvalue weighted by Gasteiger charge is 2.28. The molecule has 152 valence electrons. The minimum atomic E-state index is 0.0858. The minimum Gasteiger partial charge on any atom is -0.381 e. The van der Waals surface area contributed by atoms with E-state index in [1.165, 1.54) is 0 Å². The number of ether oxygens (including phenoxy) is 2. The topological polar surface area (TPSA) is 64.6 Å². The van der Waals surface area contributed by atoms with Gasteiger partial charge in [-0.2, -0.15) is 0 Å². The second-order valence-corrected chi connectivity index (χ2v) is 7.80. The van der Waals surface area contributed by atoms with Gasteiger partial charge in [-0.05, 0) is 50.9 Å². The van der Waals surface area contributed by atoms with Crippen molar-refractivity contribution in [3.8, 4) is 0 Å². The average molecular weight is 370 g/mol. The van der Waals surface area contributed by atoms with Crippen LogP contribution in [0.4, 0.5) is 0 Å². The molecule has 0 aromatic rings. The number of ketones is 1. The number of hydrogen-bond acceptors (Lipinski definition) is 4. The van der Waals surface area contributed by atoms with Crippen LogP contribution in [-0.4, -0.2) is 44.7 Å². The molecule has 0 saturated heterocycles. The van der Waals surface area contributed by atoms with Gasteiger partial charge in [-0.1, -0.05) is 20.8 Å². The van der Waals surface area contributed by atoms with Crippen molar-refractivity contribution in [3.63, 3.8) is 0 Å². The van der Waals surface area contributed by atoms with Crippen molar-refractivity contribution < 1.29 is 19.1 Å². The Morgan fingerprint density at radius 2 is 1.50 bits per heavy atom. The summed E-state index contributed by atoms with van der Waals surface area (Å²) in [6.07, 6.45) is 6.95. The van der Waals surface area contributed by atoms with Gasteiger partial charge in [-0.25, -0.2) is 0 Å². The third-order valence-electron chi connectivity index (χ3n) is 4.94. The van der Waals surface area contributed by atoms with Gasteiger partial charge < -0.3 is 14.8 Å². The molecule has 0 aromatic carbocycles. The van der Waals surface area contributed by atoms with Crippen molar-refractivity contribution in [2.75, 3.05) is 33.0 Å². The Morgan fingerprint density at radius 1 is 0.923 bits per heavy atom. The zero-order chi connectivity index (χ0) is 19.2. The van der Waals surface area contributed by atoms with Gasteiger partial charge in [0.2, 0.25) is 5.91 Å². The average Bonchev–Trinajstić information content (AvgIpc) is 2.65. The molecular formula is C21H39NO4. The van der Waals surface area contributed by atoms with E-state index in [1.807, 2.05) is 6.92 Å². The molecule has 1 aliphatic carbocycles. The maximum absolute atomic E-state index is 12.2. The summed E-state index contributed by atoms with van der Waals surface area (Å²) in [5, 5.41) is 3.02. The van der Waals surface area contributed by atoms with E-state index in [2.05, 4.69) is 19.2 Å². The first-order valence-electron chi connectivity index (χ1n) is 10.5. The third kappa shape index (κ3) is 10.3. The van der Waals surface area contributed by atoms with Crippen molar-refractivity contribution in [2.45, 2.75) is 72.1 Å². The number of hydrogen-bond donors (Lipinski definition) is 1. The highest BCUT2D eigenvalue weighted by Crippen LogP contribution is 2.30. The van der Waals surface area contributed by atoms with Crippen molar-refractivity contribution in [1.82, 2.24) is 5.32 Å². The first-order valence-corrected chi connectivity index (χ1v) is 10.5. The fourth-order valence-electron chi connectivity index (χ4n) is 3.33. The zero-order valence-electron chi connectivity index (χ0n) is 17.1. The van der Waals surface area contributed by atoms with Gasteiger partial charge in [0.25, 0.3) is 0 Å². The van der Waals surface area contributed by atoms with Gasteiger partial charge in [0.05, 0.1) is 0 Å². The Kier molecular flexibility index (Phi) is 12.6. The molecule has 0 bridgehead atoms. The van der Waals surface area contributed by atoms with E-state index in [9.17, 15) is 9.59 Å². The van der Waals surface area contributed by atoms with Crippen LogP contribution in [0.15, 0.2) is 0 Å². The molecule has 26 heavy (non-hydrogen) atoms. The second-order valence-electron chi connectivity index (χ2n) is 7.80. The first-order chi connectivity index (χ1) is 12.5. The molecule has 0 radical (unpaired) electrons.